The minimum atomic E-state index is -0.0904. The third-order valence-electron chi connectivity index (χ3n) is 4.15. The van der Waals surface area contributed by atoms with E-state index >= 15 is 0 Å². The molecule has 2 aromatic rings. The summed E-state index contributed by atoms with van der Waals surface area (Å²) in [5, 5.41) is 6.16. The number of rotatable bonds is 12. The van der Waals surface area contributed by atoms with Crippen LogP contribution in [0.5, 0.6) is 11.5 Å². The number of nitrogens with one attached hydrogen (secondary N) is 1. The van der Waals surface area contributed by atoms with Gasteiger partial charge in [-0.2, -0.15) is 0 Å². The van der Waals surface area contributed by atoms with Crippen LogP contribution in [-0.4, -0.2) is 31.2 Å². The minimum absolute atomic E-state index is 0.0904. The second-order valence-electron chi connectivity index (χ2n) is 6.58. The number of carbonyl (C=O) groups is 1. The van der Waals surface area contributed by atoms with Crippen molar-refractivity contribution in [2.45, 2.75) is 46.0 Å². The summed E-state index contributed by atoms with van der Waals surface area (Å²) in [6.07, 6.45) is 8.36. The predicted molar refractivity (Wildman–Crippen MR) is 115 cm³/mol. The molecule has 0 aliphatic rings. The van der Waals surface area contributed by atoms with Crippen molar-refractivity contribution in [3.05, 3.63) is 45.9 Å². The molecule has 0 fully saturated rings. The van der Waals surface area contributed by atoms with Gasteiger partial charge in [0.05, 0.1) is 18.7 Å². The van der Waals surface area contributed by atoms with Crippen LogP contribution >= 0.6 is 11.3 Å². The van der Waals surface area contributed by atoms with E-state index in [-0.39, 0.29) is 5.91 Å². The average Bonchev–Trinajstić information content (AvgIpc) is 3.12. The summed E-state index contributed by atoms with van der Waals surface area (Å²) in [5.41, 5.74) is 1.98. The Morgan fingerprint density at radius 2 is 2.11 bits per heavy atom. The highest BCUT2D eigenvalue weighted by Gasteiger charge is 2.05. The molecule has 1 amide bonds. The molecule has 0 spiro atoms. The van der Waals surface area contributed by atoms with Crippen LogP contribution in [0, 0.1) is 6.92 Å². The first-order chi connectivity index (χ1) is 13.6. The first kappa shape index (κ1) is 22.0. The first-order valence-corrected chi connectivity index (χ1v) is 10.7. The van der Waals surface area contributed by atoms with E-state index < -0.39 is 0 Å². The molecule has 0 saturated carbocycles. The van der Waals surface area contributed by atoms with Gasteiger partial charge in [0.15, 0.2) is 11.5 Å². The van der Waals surface area contributed by atoms with E-state index in [0.29, 0.717) is 18.9 Å². The molecule has 152 valence electrons. The Bertz CT molecular complexity index is 771. The van der Waals surface area contributed by atoms with Gasteiger partial charge < -0.3 is 14.8 Å². The van der Waals surface area contributed by atoms with Gasteiger partial charge in [-0.1, -0.05) is 19.4 Å². The molecule has 6 heteroatoms. The van der Waals surface area contributed by atoms with Gasteiger partial charge in [0, 0.05) is 23.7 Å². The summed E-state index contributed by atoms with van der Waals surface area (Å²) in [6, 6.07) is 5.68. The number of unbranched alkanes of at least 4 members (excludes halogenated alkanes) is 2. The van der Waals surface area contributed by atoms with Crippen molar-refractivity contribution >= 4 is 23.3 Å². The van der Waals surface area contributed by atoms with Crippen LogP contribution in [0.25, 0.3) is 6.08 Å². The molecule has 1 aromatic carbocycles. The van der Waals surface area contributed by atoms with E-state index in [1.54, 1.807) is 30.6 Å². The lowest BCUT2D eigenvalue weighted by Gasteiger charge is -2.10. The van der Waals surface area contributed by atoms with Crippen LogP contribution in [0.2, 0.25) is 0 Å². The van der Waals surface area contributed by atoms with Crippen LogP contribution in [-0.2, 0) is 11.2 Å². The summed E-state index contributed by atoms with van der Waals surface area (Å²) in [5.74, 6) is 1.32. The third kappa shape index (κ3) is 7.72. The number of hydrogen-bond acceptors (Lipinski definition) is 5. The van der Waals surface area contributed by atoms with Crippen molar-refractivity contribution < 1.29 is 14.3 Å². The third-order valence-corrected chi connectivity index (χ3v) is 5.18. The number of thiazole rings is 1. The fraction of sp³-hybridized carbons (Fsp3) is 0.455. The fourth-order valence-corrected chi connectivity index (χ4v) is 3.41. The highest BCUT2D eigenvalue weighted by atomic mass is 32.1. The van der Waals surface area contributed by atoms with Crippen molar-refractivity contribution in [3.8, 4) is 11.5 Å². The van der Waals surface area contributed by atoms with E-state index in [9.17, 15) is 4.79 Å². The molecule has 1 aromatic heterocycles. The quantitative estimate of drug-likeness (QED) is 0.409. The van der Waals surface area contributed by atoms with E-state index in [1.165, 1.54) is 5.01 Å². The van der Waals surface area contributed by atoms with Crippen LogP contribution in [0.15, 0.2) is 29.7 Å². The highest BCUT2D eigenvalue weighted by Crippen LogP contribution is 2.28. The lowest BCUT2D eigenvalue weighted by molar-refractivity contribution is -0.116. The maximum atomic E-state index is 12.0. The summed E-state index contributed by atoms with van der Waals surface area (Å²) < 4.78 is 11.1. The van der Waals surface area contributed by atoms with Gasteiger partial charge >= 0.3 is 0 Å². The van der Waals surface area contributed by atoms with E-state index in [0.717, 1.165) is 49.1 Å². The van der Waals surface area contributed by atoms with Gasteiger partial charge in [-0.25, -0.2) is 4.98 Å². The highest BCUT2D eigenvalue weighted by molar-refractivity contribution is 7.09. The number of nitrogens with zero attached hydrogens (tertiary/aromatic N) is 1. The largest absolute Gasteiger partial charge is 0.493 e. The van der Waals surface area contributed by atoms with Gasteiger partial charge in [-0.05, 0) is 56.4 Å². The second kappa shape index (κ2) is 12.2. The van der Waals surface area contributed by atoms with Crippen LogP contribution in [0.3, 0.4) is 0 Å². The molecular weight excluding hydrogens is 372 g/mol. The molecule has 0 radical (unpaired) electrons. The lowest BCUT2D eigenvalue weighted by atomic mass is 10.2. The van der Waals surface area contributed by atoms with Gasteiger partial charge in [0.2, 0.25) is 5.91 Å². The Morgan fingerprint density at radius 1 is 1.25 bits per heavy atom. The molecule has 1 N–H and O–H groups in total. The van der Waals surface area contributed by atoms with Crippen LogP contribution in [0.1, 0.15) is 48.9 Å². The molecule has 0 unspecified atom stereocenters. The van der Waals surface area contributed by atoms with Crippen molar-refractivity contribution in [1.82, 2.24) is 10.3 Å². The molecule has 2 rings (SSSR count). The number of aryl methyl sites for hydroxylation is 2. The zero-order valence-electron chi connectivity index (χ0n) is 17.0. The molecule has 0 aliphatic carbocycles. The van der Waals surface area contributed by atoms with Crippen molar-refractivity contribution in [2.75, 3.05) is 20.3 Å². The summed E-state index contributed by atoms with van der Waals surface area (Å²) in [4.78, 5) is 16.4. The number of amides is 1. The van der Waals surface area contributed by atoms with Gasteiger partial charge in [-0.15, -0.1) is 11.3 Å². The minimum Gasteiger partial charge on any atom is -0.493 e. The van der Waals surface area contributed by atoms with Crippen LogP contribution in [0.4, 0.5) is 0 Å². The van der Waals surface area contributed by atoms with Gasteiger partial charge in [0.1, 0.15) is 0 Å². The van der Waals surface area contributed by atoms with Crippen molar-refractivity contribution in [1.29, 1.82) is 0 Å². The smallest absolute Gasteiger partial charge is 0.243 e. The first-order valence-electron chi connectivity index (χ1n) is 9.80. The number of benzene rings is 1. The maximum absolute atomic E-state index is 12.0. The monoisotopic (exact) mass is 402 g/mol. The molecule has 0 saturated heterocycles. The molecule has 5 nitrogen and oxygen atoms in total. The molecule has 28 heavy (non-hydrogen) atoms. The summed E-state index contributed by atoms with van der Waals surface area (Å²) in [7, 11) is 1.62. The Balaban J connectivity index is 1.73. The van der Waals surface area contributed by atoms with E-state index in [1.807, 2.05) is 25.1 Å². The number of aromatic nitrogens is 1. The maximum Gasteiger partial charge on any atom is 0.243 e. The molecular formula is C22H30N2O3S. The summed E-state index contributed by atoms with van der Waals surface area (Å²) in [6.45, 7) is 5.48. The zero-order valence-corrected chi connectivity index (χ0v) is 17.8. The Hall–Kier alpha value is -2.34. The SMILES string of the molecule is CCCCOc1ccc(/C=C/C(=O)NCCCCc2nc(C)cs2)cc1OC. The molecule has 0 aliphatic heterocycles. The van der Waals surface area contributed by atoms with Crippen LogP contribution < -0.4 is 14.8 Å². The normalized spacial score (nSPS) is 11.0. The predicted octanol–water partition coefficient (Wildman–Crippen LogP) is 4.79. The molecule has 1 heterocycles. The standard InChI is InChI=1S/C22H30N2O3S/c1-4-5-14-27-19-11-9-18(15-20(19)26-3)10-12-21(25)23-13-7-6-8-22-24-17(2)16-28-22/h9-12,15-16H,4-8,13-14H2,1-3H3,(H,23,25)/b12-10+. The number of ether oxygens (including phenoxy) is 2. The van der Waals surface area contributed by atoms with Crippen molar-refractivity contribution in [2.24, 2.45) is 0 Å². The Kier molecular flexibility index (Phi) is 9.55. The Morgan fingerprint density at radius 3 is 2.82 bits per heavy atom. The fourth-order valence-electron chi connectivity index (χ4n) is 2.59. The number of carbonyl (C=O) groups excluding carboxylic acids is 1. The van der Waals surface area contributed by atoms with E-state index in [2.05, 4.69) is 22.6 Å². The number of hydrogen-bond donors (Lipinski definition) is 1. The van der Waals surface area contributed by atoms with E-state index in [4.69, 9.17) is 9.47 Å². The van der Waals surface area contributed by atoms with Gasteiger partial charge in [-0.3, -0.25) is 4.79 Å². The molecule has 0 bridgehead atoms. The zero-order chi connectivity index (χ0) is 20.2. The van der Waals surface area contributed by atoms with Crippen molar-refractivity contribution in [3.63, 3.8) is 0 Å². The second-order valence-corrected chi connectivity index (χ2v) is 7.52. The summed E-state index contributed by atoms with van der Waals surface area (Å²) >= 11 is 1.70. The number of methoxy groups -OCH3 is 1. The molecule has 0 atom stereocenters. The lowest BCUT2D eigenvalue weighted by Crippen LogP contribution is -2.22. The van der Waals surface area contributed by atoms with Gasteiger partial charge in [0.25, 0.3) is 0 Å². The topological polar surface area (TPSA) is 60.5 Å². The average molecular weight is 403 g/mol. The Labute approximate surface area is 171 Å².